The zero-order valence-electron chi connectivity index (χ0n) is 5.65. The SMILES string of the molecule is C=C(c1cccs1)S(N)(=O)=O.[KH]. The van der Waals surface area contributed by atoms with Crippen molar-refractivity contribution in [2.75, 3.05) is 0 Å². The van der Waals surface area contributed by atoms with Gasteiger partial charge in [0.25, 0.3) is 0 Å². The van der Waals surface area contributed by atoms with Crippen molar-refractivity contribution in [3.8, 4) is 0 Å². The van der Waals surface area contributed by atoms with Crippen molar-refractivity contribution >= 4 is 77.6 Å². The van der Waals surface area contributed by atoms with Gasteiger partial charge in [-0.15, -0.1) is 11.3 Å². The summed E-state index contributed by atoms with van der Waals surface area (Å²) in [6.45, 7) is 3.37. The molecule has 6 heteroatoms. The summed E-state index contributed by atoms with van der Waals surface area (Å²) in [5.74, 6) is 0. The summed E-state index contributed by atoms with van der Waals surface area (Å²) in [7, 11) is -3.61. The van der Waals surface area contributed by atoms with Gasteiger partial charge in [0.05, 0.1) is 4.91 Å². The molecular formula is C6H8KNO2S2. The average Bonchev–Trinajstić information content (AvgIpc) is 2.34. The van der Waals surface area contributed by atoms with E-state index in [4.69, 9.17) is 5.14 Å². The van der Waals surface area contributed by atoms with Crippen LogP contribution in [0, 0.1) is 0 Å². The fourth-order valence-electron chi connectivity index (χ4n) is 0.577. The third-order valence-corrected chi connectivity index (χ3v) is 3.11. The predicted octanol–water partition coefficient (Wildman–Crippen LogP) is 0.359. The van der Waals surface area contributed by atoms with Gasteiger partial charge >= 0.3 is 51.4 Å². The van der Waals surface area contributed by atoms with Gasteiger partial charge in [-0.2, -0.15) is 0 Å². The molecule has 1 rings (SSSR count). The molecule has 0 unspecified atom stereocenters. The van der Waals surface area contributed by atoms with Crippen LogP contribution in [0.25, 0.3) is 4.91 Å². The third kappa shape index (κ3) is 3.39. The third-order valence-electron chi connectivity index (χ3n) is 1.14. The Morgan fingerprint density at radius 1 is 1.58 bits per heavy atom. The molecule has 0 fully saturated rings. The van der Waals surface area contributed by atoms with E-state index in [0.717, 1.165) is 0 Å². The second-order valence-corrected chi connectivity index (χ2v) is 4.48. The maximum absolute atomic E-state index is 10.7. The topological polar surface area (TPSA) is 60.2 Å². The van der Waals surface area contributed by atoms with E-state index in [9.17, 15) is 8.42 Å². The standard InChI is InChI=1S/C6H7NO2S2.K.H/c1-5(11(7,8)9)6-3-2-4-10-6;;/h2-4H,1H2,(H2,7,8,9);;. The van der Waals surface area contributed by atoms with E-state index < -0.39 is 10.0 Å². The molecule has 0 spiro atoms. The monoisotopic (exact) mass is 229 g/mol. The van der Waals surface area contributed by atoms with Crippen LogP contribution in [-0.4, -0.2) is 59.8 Å². The van der Waals surface area contributed by atoms with E-state index in [0.29, 0.717) is 4.88 Å². The van der Waals surface area contributed by atoms with E-state index in [1.807, 2.05) is 0 Å². The number of nitrogens with two attached hydrogens (primary N) is 1. The zero-order valence-corrected chi connectivity index (χ0v) is 7.28. The van der Waals surface area contributed by atoms with E-state index >= 15 is 0 Å². The fourth-order valence-corrected chi connectivity index (χ4v) is 2.01. The Bertz CT molecular complexity index is 355. The number of rotatable bonds is 2. The number of hydrogen-bond acceptors (Lipinski definition) is 3. The molecule has 0 atom stereocenters. The molecule has 0 aliphatic heterocycles. The second-order valence-electron chi connectivity index (χ2n) is 1.95. The van der Waals surface area contributed by atoms with Gasteiger partial charge in [-0.1, -0.05) is 12.6 Å². The summed E-state index contributed by atoms with van der Waals surface area (Å²) < 4.78 is 21.4. The molecule has 12 heavy (non-hydrogen) atoms. The van der Waals surface area contributed by atoms with Gasteiger partial charge in [0.1, 0.15) is 0 Å². The molecule has 3 nitrogen and oxygen atoms in total. The Balaban J connectivity index is 0.00000121. The number of primary sulfonamides is 1. The van der Waals surface area contributed by atoms with Crippen molar-refractivity contribution in [2.24, 2.45) is 5.14 Å². The summed E-state index contributed by atoms with van der Waals surface area (Å²) in [6.07, 6.45) is 0. The molecule has 0 saturated carbocycles. The summed E-state index contributed by atoms with van der Waals surface area (Å²) in [6, 6.07) is 3.41. The molecule has 0 aliphatic carbocycles. The summed E-state index contributed by atoms with van der Waals surface area (Å²) >= 11 is 1.30. The van der Waals surface area contributed by atoms with Crippen molar-refractivity contribution in [1.29, 1.82) is 0 Å². The van der Waals surface area contributed by atoms with Gasteiger partial charge in [-0.3, -0.25) is 0 Å². The van der Waals surface area contributed by atoms with Crippen molar-refractivity contribution in [2.45, 2.75) is 0 Å². The fraction of sp³-hybridized carbons (Fsp3) is 0. The van der Waals surface area contributed by atoms with Gasteiger partial charge in [0.2, 0.25) is 10.0 Å². The first-order valence-corrected chi connectivity index (χ1v) is 5.20. The van der Waals surface area contributed by atoms with Gasteiger partial charge in [0.15, 0.2) is 0 Å². The Labute approximate surface area is 118 Å². The van der Waals surface area contributed by atoms with Crippen LogP contribution in [0.2, 0.25) is 0 Å². The van der Waals surface area contributed by atoms with Crippen LogP contribution in [0.5, 0.6) is 0 Å². The summed E-state index contributed by atoms with van der Waals surface area (Å²) in [5, 5.41) is 6.62. The second kappa shape index (κ2) is 5.01. The first-order chi connectivity index (χ1) is 5.02. The van der Waals surface area contributed by atoms with Crippen molar-refractivity contribution in [1.82, 2.24) is 0 Å². The van der Waals surface area contributed by atoms with E-state index in [-0.39, 0.29) is 56.3 Å². The Morgan fingerprint density at radius 3 is 2.50 bits per heavy atom. The van der Waals surface area contributed by atoms with E-state index in [1.54, 1.807) is 17.5 Å². The van der Waals surface area contributed by atoms with Gasteiger partial charge < -0.3 is 0 Å². The molecule has 0 aromatic carbocycles. The number of thiophene rings is 1. The van der Waals surface area contributed by atoms with Crippen LogP contribution in [0.1, 0.15) is 4.88 Å². The molecule has 0 saturated heterocycles. The average molecular weight is 229 g/mol. The van der Waals surface area contributed by atoms with Crippen molar-refractivity contribution < 1.29 is 8.42 Å². The molecule has 2 N–H and O–H groups in total. The molecule has 0 aliphatic rings. The van der Waals surface area contributed by atoms with Gasteiger partial charge in [-0.25, -0.2) is 13.6 Å². The number of hydrogen-bond donors (Lipinski definition) is 1. The van der Waals surface area contributed by atoms with Crippen LogP contribution in [0.3, 0.4) is 0 Å². The van der Waals surface area contributed by atoms with Gasteiger partial charge in [0, 0.05) is 4.88 Å². The predicted molar refractivity (Wildman–Crippen MR) is 53.6 cm³/mol. The normalized spacial score (nSPS) is 10.4. The molecule has 1 aromatic rings. The quantitative estimate of drug-likeness (QED) is 0.744. The van der Waals surface area contributed by atoms with Crippen LogP contribution in [0.15, 0.2) is 24.1 Å². The minimum atomic E-state index is -3.61. The van der Waals surface area contributed by atoms with Crippen LogP contribution < -0.4 is 5.14 Å². The Hall–Kier alpha value is 0.986. The number of sulfonamides is 1. The van der Waals surface area contributed by atoms with E-state index in [1.165, 1.54) is 11.3 Å². The molecule has 0 bridgehead atoms. The van der Waals surface area contributed by atoms with Crippen LogP contribution in [-0.2, 0) is 10.0 Å². The molecule has 0 amide bonds. The van der Waals surface area contributed by atoms with Crippen LogP contribution in [0.4, 0.5) is 0 Å². The molecule has 1 heterocycles. The molecular weight excluding hydrogens is 221 g/mol. The molecule has 0 radical (unpaired) electrons. The van der Waals surface area contributed by atoms with Gasteiger partial charge in [-0.05, 0) is 11.4 Å². The zero-order chi connectivity index (χ0) is 8.48. The Kier molecular flexibility index (Phi) is 5.43. The first kappa shape index (κ1) is 13.0. The maximum atomic E-state index is 10.7. The molecule has 1 aromatic heterocycles. The van der Waals surface area contributed by atoms with Crippen molar-refractivity contribution in [3.63, 3.8) is 0 Å². The van der Waals surface area contributed by atoms with Crippen molar-refractivity contribution in [3.05, 3.63) is 29.0 Å². The first-order valence-electron chi connectivity index (χ1n) is 2.77. The molecule has 62 valence electrons. The van der Waals surface area contributed by atoms with E-state index in [2.05, 4.69) is 6.58 Å². The summed E-state index contributed by atoms with van der Waals surface area (Å²) in [4.78, 5) is 0.569. The minimum absolute atomic E-state index is 0. The summed E-state index contributed by atoms with van der Waals surface area (Å²) in [5.41, 5.74) is 0. The van der Waals surface area contributed by atoms with Crippen LogP contribution >= 0.6 is 11.3 Å². The Morgan fingerprint density at radius 2 is 2.17 bits per heavy atom.